The number of benzene rings is 1. The van der Waals surface area contributed by atoms with Crippen LogP contribution in [0.1, 0.15) is 32.4 Å². The van der Waals surface area contributed by atoms with E-state index in [1.54, 1.807) is 13.1 Å². The van der Waals surface area contributed by atoms with Crippen molar-refractivity contribution >= 4 is 59.0 Å². The molecular formula is C16H25Cl2IN4O. The fourth-order valence-corrected chi connectivity index (χ4v) is 2.14. The largest absolute Gasteiger partial charge is 0.355 e. The lowest BCUT2D eigenvalue weighted by atomic mass is 10.1. The van der Waals surface area contributed by atoms with Crippen molar-refractivity contribution in [1.29, 1.82) is 0 Å². The molecule has 3 N–H and O–H groups in total. The first-order valence-corrected chi connectivity index (χ1v) is 8.30. The van der Waals surface area contributed by atoms with Gasteiger partial charge in [0.05, 0.1) is 16.1 Å². The summed E-state index contributed by atoms with van der Waals surface area (Å²) >= 11 is 12.0. The summed E-state index contributed by atoms with van der Waals surface area (Å²) in [5.41, 5.74) is 1.01. The third-order valence-corrected chi connectivity index (χ3v) is 4.00. The maximum Gasteiger partial charge on any atom is 0.222 e. The van der Waals surface area contributed by atoms with Crippen molar-refractivity contribution in [3.63, 3.8) is 0 Å². The number of rotatable bonds is 6. The molecule has 0 bridgehead atoms. The summed E-state index contributed by atoms with van der Waals surface area (Å²) in [4.78, 5) is 15.6. The molecular weight excluding hydrogens is 462 g/mol. The summed E-state index contributed by atoms with van der Waals surface area (Å²) in [6.07, 6.45) is 0. The molecule has 0 saturated heterocycles. The molecule has 0 radical (unpaired) electrons. The van der Waals surface area contributed by atoms with Crippen LogP contribution in [-0.2, 0) is 4.79 Å². The molecule has 0 heterocycles. The number of halogens is 3. The summed E-state index contributed by atoms with van der Waals surface area (Å²) in [6.45, 7) is 6.86. The molecule has 8 heteroatoms. The molecule has 0 saturated carbocycles. The molecule has 0 fully saturated rings. The Morgan fingerprint density at radius 2 is 1.75 bits per heavy atom. The van der Waals surface area contributed by atoms with Crippen LogP contribution in [0.3, 0.4) is 0 Å². The zero-order valence-corrected chi connectivity index (χ0v) is 18.2. The van der Waals surface area contributed by atoms with Gasteiger partial charge in [0, 0.05) is 26.1 Å². The lowest BCUT2D eigenvalue weighted by molar-refractivity contribution is -0.123. The first-order valence-electron chi connectivity index (χ1n) is 7.55. The average Bonchev–Trinajstić information content (AvgIpc) is 2.52. The van der Waals surface area contributed by atoms with E-state index in [4.69, 9.17) is 23.2 Å². The minimum Gasteiger partial charge on any atom is -0.355 e. The zero-order valence-electron chi connectivity index (χ0n) is 14.3. The van der Waals surface area contributed by atoms with Gasteiger partial charge in [0.15, 0.2) is 5.96 Å². The maximum absolute atomic E-state index is 11.5. The number of nitrogens with one attached hydrogen (secondary N) is 3. The van der Waals surface area contributed by atoms with Crippen molar-refractivity contribution in [2.45, 2.75) is 26.8 Å². The van der Waals surface area contributed by atoms with Gasteiger partial charge in [-0.2, -0.15) is 0 Å². The van der Waals surface area contributed by atoms with Gasteiger partial charge in [-0.25, -0.2) is 0 Å². The van der Waals surface area contributed by atoms with Gasteiger partial charge in [0.1, 0.15) is 0 Å². The van der Waals surface area contributed by atoms with Crippen molar-refractivity contribution in [1.82, 2.24) is 16.0 Å². The van der Waals surface area contributed by atoms with E-state index in [0.29, 0.717) is 29.1 Å². The van der Waals surface area contributed by atoms with E-state index in [1.165, 1.54) is 0 Å². The van der Waals surface area contributed by atoms with Gasteiger partial charge in [-0.15, -0.1) is 24.0 Å². The minimum atomic E-state index is -0.0119. The Hall–Kier alpha value is -0.730. The molecule has 5 nitrogen and oxygen atoms in total. The van der Waals surface area contributed by atoms with E-state index in [2.05, 4.69) is 20.9 Å². The first-order chi connectivity index (χ1) is 10.8. The molecule has 0 aliphatic rings. The molecule has 0 aromatic heterocycles. The van der Waals surface area contributed by atoms with Crippen LogP contribution < -0.4 is 16.0 Å². The second kappa shape index (κ2) is 11.8. The predicted molar refractivity (Wildman–Crippen MR) is 113 cm³/mol. The van der Waals surface area contributed by atoms with Gasteiger partial charge >= 0.3 is 0 Å². The smallest absolute Gasteiger partial charge is 0.222 e. The number of nitrogens with zero attached hydrogens (tertiary/aromatic N) is 1. The van der Waals surface area contributed by atoms with E-state index in [9.17, 15) is 4.79 Å². The van der Waals surface area contributed by atoms with Crippen molar-refractivity contribution in [3.8, 4) is 0 Å². The van der Waals surface area contributed by atoms with E-state index in [-0.39, 0.29) is 41.8 Å². The van der Waals surface area contributed by atoms with Gasteiger partial charge in [0.25, 0.3) is 0 Å². The number of hydrogen-bond acceptors (Lipinski definition) is 2. The summed E-state index contributed by atoms with van der Waals surface area (Å²) in [7, 11) is 1.70. The van der Waals surface area contributed by atoms with Gasteiger partial charge in [-0.05, 0) is 24.6 Å². The number of guanidine groups is 1. The van der Waals surface area contributed by atoms with Crippen molar-refractivity contribution < 1.29 is 4.79 Å². The highest BCUT2D eigenvalue weighted by Crippen LogP contribution is 2.25. The summed E-state index contributed by atoms with van der Waals surface area (Å²) < 4.78 is 0. The second-order valence-electron chi connectivity index (χ2n) is 5.48. The Bertz CT molecular complexity index is 567. The van der Waals surface area contributed by atoms with Crippen LogP contribution in [0.5, 0.6) is 0 Å². The van der Waals surface area contributed by atoms with Crippen LogP contribution in [-0.4, -0.2) is 32.0 Å². The Kier molecular flexibility index (Phi) is 11.4. The highest BCUT2D eigenvalue weighted by atomic mass is 127. The highest BCUT2D eigenvalue weighted by molar-refractivity contribution is 14.0. The lowest BCUT2D eigenvalue weighted by Crippen LogP contribution is -2.42. The predicted octanol–water partition coefficient (Wildman–Crippen LogP) is 3.61. The number of carbonyl (C=O) groups is 1. The standard InChI is InChI=1S/C16H24Cl2N4O.HI/c1-10(2)15(23)20-7-8-21-16(19-4)22-11(3)12-5-6-13(17)14(18)9-12;/h5-6,9-11H,7-8H2,1-4H3,(H,20,23)(H2,19,21,22);1H. The van der Waals surface area contributed by atoms with Crippen LogP contribution in [0.4, 0.5) is 0 Å². The Balaban J connectivity index is 0.00000529. The highest BCUT2D eigenvalue weighted by Gasteiger charge is 2.10. The fraction of sp³-hybridized carbons (Fsp3) is 0.500. The summed E-state index contributed by atoms with van der Waals surface area (Å²) in [5.74, 6) is 0.684. The molecule has 1 amide bonds. The van der Waals surface area contributed by atoms with Crippen molar-refractivity contribution in [2.24, 2.45) is 10.9 Å². The molecule has 0 spiro atoms. The quantitative estimate of drug-likeness (QED) is 0.249. The third-order valence-electron chi connectivity index (χ3n) is 3.26. The van der Waals surface area contributed by atoms with E-state index in [0.717, 1.165) is 5.56 Å². The van der Waals surface area contributed by atoms with Gasteiger partial charge < -0.3 is 16.0 Å². The Morgan fingerprint density at radius 1 is 1.12 bits per heavy atom. The molecule has 24 heavy (non-hydrogen) atoms. The van der Waals surface area contributed by atoms with Crippen molar-refractivity contribution in [2.75, 3.05) is 20.1 Å². The molecule has 1 atom stereocenters. The second-order valence-corrected chi connectivity index (χ2v) is 6.30. The van der Waals surface area contributed by atoms with Crippen LogP contribution in [0, 0.1) is 5.92 Å². The monoisotopic (exact) mass is 486 g/mol. The van der Waals surface area contributed by atoms with E-state index < -0.39 is 0 Å². The summed E-state index contributed by atoms with van der Waals surface area (Å²) in [6, 6.07) is 5.54. The van der Waals surface area contributed by atoms with Crippen molar-refractivity contribution in [3.05, 3.63) is 33.8 Å². The Morgan fingerprint density at radius 3 is 2.29 bits per heavy atom. The van der Waals surface area contributed by atoms with Gasteiger partial charge in [0.2, 0.25) is 5.91 Å². The SMILES string of the molecule is CN=C(NCCNC(=O)C(C)C)NC(C)c1ccc(Cl)c(Cl)c1.I. The average molecular weight is 487 g/mol. The summed E-state index contributed by atoms with van der Waals surface area (Å²) in [5, 5.41) is 10.3. The molecule has 136 valence electrons. The lowest BCUT2D eigenvalue weighted by Gasteiger charge is -2.19. The molecule has 0 aliphatic heterocycles. The normalized spacial score (nSPS) is 12.4. The molecule has 1 aromatic carbocycles. The Labute approximate surface area is 171 Å². The van der Waals surface area contributed by atoms with Crippen LogP contribution in [0.25, 0.3) is 0 Å². The van der Waals surface area contributed by atoms with E-state index in [1.807, 2.05) is 32.9 Å². The molecule has 1 unspecified atom stereocenters. The minimum absolute atomic E-state index is 0. The van der Waals surface area contributed by atoms with Crippen LogP contribution >= 0.6 is 47.2 Å². The number of amides is 1. The first kappa shape index (κ1) is 23.3. The molecule has 0 aliphatic carbocycles. The van der Waals surface area contributed by atoms with Gasteiger partial charge in [-0.1, -0.05) is 43.1 Å². The maximum atomic E-state index is 11.5. The molecule has 1 aromatic rings. The molecule has 1 rings (SSSR count). The number of carbonyl (C=O) groups excluding carboxylic acids is 1. The topological polar surface area (TPSA) is 65.5 Å². The third kappa shape index (κ3) is 7.90. The van der Waals surface area contributed by atoms with Crippen LogP contribution in [0.2, 0.25) is 10.0 Å². The van der Waals surface area contributed by atoms with Gasteiger partial charge in [-0.3, -0.25) is 9.79 Å². The zero-order chi connectivity index (χ0) is 17.4. The number of aliphatic imine (C=N–C) groups is 1. The fourth-order valence-electron chi connectivity index (χ4n) is 1.84. The van der Waals surface area contributed by atoms with E-state index >= 15 is 0 Å². The number of hydrogen-bond donors (Lipinski definition) is 3. The van der Waals surface area contributed by atoms with Crippen LogP contribution in [0.15, 0.2) is 23.2 Å².